The summed E-state index contributed by atoms with van der Waals surface area (Å²) in [5, 5.41) is 8.74. The first kappa shape index (κ1) is 8.89. The van der Waals surface area contributed by atoms with E-state index in [2.05, 4.69) is 15.4 Å². The minimum absolute atomic E-state index is 0.0723. The van der Waals surface area contributed by atoms with E-state index in [1.54, 1.807) is 0 Å². The SMILES string of the molecule is Cc1ncnc(NN)c1CCO. The van der Waals surface area contributed by atoms with Gasteiger partial charge in [0.2, 0.25) is 0 Å². The van der Waals surface area contributed by atoms with Gasteiger partial charge in [0.1, 0.15) is 12.1 Å². The van der Waals surface area contributed by atoms with Crippen LogP contribution in [0.15, 0.2) is 6.33 Å². The van der Waals surface area contributed by atoms with Gasteiger partial charge in [-0.05, 0) is 6.92 Å². The highest BCUT2D eigenvalue weighted by atomic mass is 16.2. The van der Waals surface area contributed by atoms with E-state index in [1.807, 2.05) is 6.92 Å². The van der Waals surface area contributed by atoms with Gasteiger partial charge in [-0.2, -0.15) is 0 Å². The lowest BCUT2D eigenvalue weighted by Gasteiger charge is -2.07. The molecule has 4 N–H and O–H groups in total. The third kappa shape index (κ3) is 1.69. The first-order valence-electron chi connectivity index (χ1n) is 3.67. The zero-order chi connectivity index (χ0) is 8.97. The van der Waals surface area contributed by atoms with Crippen LogP contribution in [0.2, 0.25) is 0 Å². The standard InChI is InChI=1S/C7H12N4O/c1-5-6(2-3-12)7(11-8)10-4-9-5/h4,12H,2-3,8H2,1H3,(H,9,10,11). The first-order chi connectivity index (χ1) is 5.79. The van der Waals surface area contributed by atoms with Crippen molar-refractivity contribution in [2.24, 2.45) is 5.84 Å². The van der Waals surface area contributed by atoms with Gasteiger partial charge in [-0.1, -0.05) is 0 Å². The van der Waals surface area contributed by atoms with Crippen molar-refractivity contribution in [1.82, 2.24) is 9.97 Å². The zero-order valence-electron chi connectivity index (χ0n) is 6.91. The Hall–Kier alpha value is -1.20. The van der Waals surface area contributed by atoms with E-state index in [4.69, 9.17) is 10.9 Å². The molecule has 0 saturated carbocycles. The average molecular weight is 168 g/mol. The molecular weight excluding hydrogens is 156 g/mol. The van der Waals surface area contributed by atoms with Crippen LogP contribution >= 0.6 is 0 Å². The number of aliphatic hydroxyl groups is 1. The summed E-state index contributed by atoms with van der Waals surface area (Å²) in [6, 6.07) is 0. The van der Waals surface area contributed by atoms with Crippen molar-refractivity contribution < 1.29 is 5.11 Å². The summed E-state index contributed by atoms with van der Waals surface area (Å²) in [7, 11) is 0. The highest BCUT2D eigenvalue weighted by molar-refractivity contribution is 5.44. The molecule has 0 radical (unpaired) electrons. The highest BCUT2D eigenvalue weighted by Gasteiger charge is 2.05. The molecule has 0 aliphatic carbocycles. The maximum Gasteiger partial charge on any atom is 0.146 e. The van der Waals surface area contributed by atoms with Crippen molar-refractivity contribution in [3.63, 3.8) is 0 Å². The van der Waals surface area contributed by atoms with Gasteiger partial charge < -0.3 is 10.5 Å². The lowest BCUT2D eigenvalue weighted by molar-refractivity contribution is 0.299. The number of nitrogens with one attached hydrogen (secondary N) is 1. The smallest absolute Gasteiger partial charge is 0.146 e. The van der Waals surface area contributed by atoms with E-state index in [-0.39, 0.29) is 6.61 Å². The quantitative estimate of drug-likeness (QED) is 0.422. The van der Waals surface area contributed by atoms with Crippen LogP contribution in [-0.2, 0) is 6.42 Å². The second-order valence-corrected chi connectivity index (χ2v) is 2.40. The van der Waals surface area contributed by atoms with Crippen LogP contribution in [0, 0.1) is 6.92 Å². The third-order valence-corrected chi connectivity index (χ3v) is 1.66. The number of hydrazine groups is 1. The Labute approximate surface area is 70.6 Å². The molecule has 0 amide bonds. The third-order valence-electron chi connectivity index (χ3n) is 1.66. The molecule has 66 valence electrons. The monoisotopic (exact) mass is 168 g/mol. The fraction of sp³-hybridized carbons (Fsp3) is 0.429. The fourth-order valence-electron chi connectivity index (χ4n) is 1.04. The highest BCUT2D eigenvalue weighted by Crippen LogP contribution is 2.13. The second kappa shape index (κ2) is 3.99. The number of nitrogens with zero attached hydrogens (tertiary/aromatic N) is 2. The van der Waals surface area contributed by atoms with Crippen molar-refractivity contribution in [1.29, 1.82) is 0 Å². The van der Waals surface area contributed by atoms with E-state index in [1.165, 1.54) is 6.33 Å². The van der Waals surface area contributed by atoms with Gasteiger partial charge in [0.15, 0.2) is 0 Å². The summed E-state index contributed by atoms with van der Waals surface area (Å²) in [4.78, 5) is 7.91. The Morgan fingerprint density at radius 3 is 2.92 bits per heavy atom. The number of hydrogen-bond acceptors (Lipinski definition) is 5. The average Bonchev–Trinajstić information content (AvgIpc) is 2.09. The number of anilines is 1. The van der Waals surface area contributed by atoms with E-state index < -0.39 is 0 Å². The first-order valence-corrected chi connectivity index (χ1v) is 3.67. The largest absolute Gasteiger partial charge is 0.396 e. The van der Waals surface area contributed by atoms with Gasteiger partial charge in [0.25, 0.3) is 0 Å². The van der Waals surface area contributed by atoms with Crippen molar-refractivity contribution in [3.8, 4) is 0 Å². The molecule has 1 aromatic heterocycles. The van der Waals surface area contributed by atoms with Crippen LogP contribution in [0.25, 0.3) is 0 Å². The summed E-state index contributed by atoms with van der Waals surface area (Å²) in [6.45, 7) is 1.93. The molecule has 0 aliphatic heterocycles. The van der Waals surface area contributed by atoms with Crippen molar-refractivity contribution >= 4 is 5.82 Å². The van der Waals surface area contributed by atoms with Crippen LogP contribution in [0.3, 0.4) is 0 Å². The zero-order valence-corrected chi connectivity index (χ0v) is 6.91. The molecule has 0 unspecified atom stereocenters. The fourth-order valence-corrected chi connectivity index (χ4v) is 1.04. The van der Waals surface area contributed by atoms with Gasteiger partial charge in [0.05, 0.1) is 0 Å². The summed E-state index contributed by atoms with van der Waals surface area (Å²) >= 11 is 0. The maximum atomic E-state index is 8.74. The van der Waals surface area contributed by atoms with Crippen molar-refractivity contribution in [2.75, 3.05) is 12.0 Å². The molecule has 0 atom stereocenters. The predicted octanol–water partition coefficient (Wildman–Crippen LogP) is -0.395. The molecule has 0 fully saturated rings. The number of aromatic nitrogens is 2. The lowest BCUT2D eigenvalue weighted by Crippen LogP contribution is -2.13. The number of aliphatic hydroxyl groups excluding tert-OH is 1. The number of nitrogen functional groups attached to an aromatic ring is 1. The number of nitrogens with two attached hydrogens (primary N) is 1. The number of hydrogen-bond donors (Lipinski definition) is 3. The molecule has 0 bridgehead atoms. The molecule has 1 rings (SSSR count). The van der Waals surface area contributed by atoms with E-state index in [0.29, 0.717) is 12.2 Å². The van der Waals surface area contributed by atoms with Gasteiger partial charge in [-0.25, -0.2) is 15.8 Å². The topological polar surface area (TPSA) is 84.1 Å². The number of rotatable bonds is 3. The van der Waals surface area contributed by atoms with E-state index in [0.717, 1.165) is 11.3 Å². The Morgan fingerprint density at radius 1 is 1.58 bits per heavy atom. The summed E-state index contributed by atoms with van der Waals surface area (Å²) < 4.78 is 0. The summed E-state index contributed by atoms with van der Waals surface area (Å²) in [6.07, 6.45) is 1.96. The minimum Gasteiger partial charge on any atom is -0.396 e. The lowest BCUT2D eigenvalue weighted by atomic mass is 10.1. The predicted molar refractivity (Wildman–Crippen MR) is 45.4 cm³/mol. The summed E-state index contributed by atoms with van der Waals surface area (Å²) in [5.74, 6) is 5.81. The Kier molecular flexibility index (Phi) is 2.95. The molecule has 0 aliphatic rings. The Bertz CT molecular complexity index is 264. The van der Waals surface area contributed by atoms with Crippen LogP contribution in [0.1, 0.15) is 11.3 Å². The van der Waals surface area contributed by atoms with Crippen LogP contribution in [-0.4, -0.2) is 21.7 Å². The minimum atomic E-state index is 0.0723. The van der Waals surface area contributed by atoms with E-state index in [9.17, 15) is 0 Å². The van der Waals surface area contributed by atoms with Crippen LogP contribution in [0.4, 0.5) is 5.82 Å². The molecule has 0 saturated heterocycles. The summed E-state index contributed by atoms with van der Waals surface area (Å²) in [5.41, 5.74) is 4.16. The van der Waals surface area contributed by atoms with Crippen LogP contribution < -0.4 is 11.3 Å². The molecule has 0 spiro atoms. The van der Waals surface area contributed by atoms with E-state index >= 15 is 0 Å². The molecule has 5 heteroatoms. The molecule has 1 aromatic rings. The second-order valence-electron chi connectivity index (χ2n) is 2.40. The van der Waals surface area contributed by atoms with Gasteiger partial charge in [0, 0.05) is 24.3 Å². The molecule has 1 heterocycles. The van der Waals surface area contributed by atoms with Crippen LogP contribution in [0.5, 0.6) is 0 Å². The Balaban J connectivity index is 3.02. The maximum absolute atomic E-state index is 8.74. The molecule has 12 heavy (non-hydrogen) atoms. The molecule has 0 aromatic carbocycles. The van der Waals surface area contributed by atoms with Crippen molar-refractivity contribution in [3.05, 3.63) is 17.6 Å². The normalized spacial score (nSPS) is 9.92. The van der Waals surface area contributed by atoms with Gasteiger partial charge >= 0.3 is 0 Å². The van der Waals surface area contributed by atoms with Crippen molar-refractivity contribution in [2.45, 2.75) is 13.3 Å². The molecule has 5 nitrogen and oxygen atoms in total. The number of aryl methyl sites for hydroxylation is 1. The van der Waals surface area contributed by atoms with Gasteiger partial charge in [-0.15, -0.1) is 0 Å². The van der Waals surface area contributed by atoms with Gasteiger partial charge in [-0.3, -0.25) is 0 Å². The molecular formula is C7H12N4O. The Morgan fingerprint density at radius 2 is 2.33 bits per heavy atom.